The van der Waals surface area contributed by atoms with Crippen LogP contribution in [0.3, 0.4) is 0 Å². The number of halogens is 3. The van der Waals surface area contributed by atoms with Crippen molar-refractivity contribution in [3.05, 3.63) is 27.4 Å². The topological polar surface area (TPSA) is 34.9 Å². The van der Waals surface area contributed by atoms with Gasteiger partial charge in [-0.25, -0.2) is 4.98 Å². The van der Waals surface area contributed by atoms with Crippen molar-refractivity contribution in [3.63, 3.8) is 0 Å². The molecule has 0 radical (unpaired) electrons. The molecular weight excluding hydrogens is 293 g/mol. The van der Waals surface area contributed by atoms with Gasteiger partial charge >= 0.3 is 6.18 Å². The Morgan fingerprint density at radius 2 is 1.50 bits per heavy atom. The summed E-state index contributed by atoms with van der Waals surface area (Å²) in [5, 5.41) is 0. The normalized spacial score (nSPS) is 13.5. The lowest BCUT2D eigenvalue weighted by molar-refractivity contribution is -0.141. The summed E-state index contributed by atoms with van der Waals surface area (Å²) < 4.78 is 39.2. The molecule has 6 heteroatoms. The van der Waals surface area contributed by atoms with Crippen molar-refractivity contribution in [3.8, 4) is 0 Å². The second-order valence-corrected chi connectivity index (χ2v) is 7.61. The highest BCUT2D eigenvalue weighted by atomic mass is 19.4. The van der Waals surface area contributed by atoms with Crippen LogP contribution in [0.1, 0.15) is 65.5 Å². The summed E-state index contributed by atoms with van der Waals surface area (Å²) >= 11 is 0. The number of nitrogens with zero attached hydrogens (tertiary/aromatic N) is 2. The van der Waals surface area contributed by atoms with E-state index in [2.05, 4.69) is 4.98 Å². The fourth-order valence-corrected chi connectivity index (χ4v) is 2.43. The van der Waals surface area contributed by atoms with Crippen molar-refractivity contribution >= 4 is 0 Å². The van der Waals surface area contributed by atoms with E-state index in [9.17, 15) is 18.0 Å². The monoisotopic (exact) mass is 318 g/mol. The molecule has 0 atom stereocenters. The molecule has 0 aromatic carbocycles. The van der Waals surface area contributed by atoms with E-state index in [1.165, 1.54) is 0 Å². The van der Waals surface area contributed by atoms with Gasteiger partial charge in [-0.2, -0.15) is 13.2 Å². The van der Waals surface area contributed by atoms with E-state index in [0.717, 1.165) is 4.57 Å². The summed E-state index contributed by atoms with van der Waals surface area (Å²) in [4.78, 5) is 17.2. The lowest BCUT2D eigenvalue weighted by Crippen LogP contribution is -2.40. The molecular formula is C16H25F3N2O. The molecule has 0 fully saturated rings. The second-order valence-electron chi connectivity index (χ2n) is 7.61. The zero-order valence-electron chi connectivity index (χ0n) is 14.4. The fraction of sp³-hybridized carbons (Fsp3) is 0.750. The smallest absolute Gasteiger partial charge is 0.287 e. The Morgan fingerprint density at radius 1 is 1.00 bits per heavy atom. The van der Waals surface area contributed by atoms with E-state index < -0.39 is 29.1 Å². The van der Waals surface area contributed by atoms with Gasteiger partial charge in [0, 0.05) is 17.4 Å². The molecule has 0 N–H and O–H groups in total. The Labute approximate surface area is 129 Å². The van der Waals surface area contributed by atoms with Crippen molar-refractivity contribution in [1.82, 2.24) is 9.55 Å². The fourth-order valence-electron chi connectivity index (χ4n) is 2.43. The van der Waals surface area contributed by atoms with Crippen LogP contribution in [-0.2, 0) is 23.8 Å². The molecule has 126 valence electrons. The summed E-state index contributed by atoms with van der Waals surface area (Å²) in [5.41, 5.74) is -0.627. The van der Waals surface area contributed by atoms with Gasteiger partial charge in [-0.1, -0.05) is 48.5 Å². The van der Waals surface area contributed by atoms with Crippen LogP contribution in [0, 0.1) is 0 Å². The molecule has 22 heavy (non-hydrogen) atoms. The SMILES string of the molecule is CCc1nc(C(C)(C)C)c(C(C)(C)C)c(=O)n1CC(F)(F)F. The maximum atomic E-state index is 12.8. The first-order valence-corrected chi connectivity index (χ1v) is 7.40. The molecule has 0 aliphatic carbocycles. The van der Waals surface area contributed by atoms with Crippen molar-refractivity contribution in [2.24, 2.45) is 0 Å². The van der Waals surface area contributed by atoms with Crippen LogP contribution in [0.15, 0.2) is 4.79 Å². The van der Waals surface area contributed by atoms with Gasteiger partial charge in [0.05, 0.1) is 5.69 Å². The second kappa shape index (κ2) is 5.70. The van der Waals surface area contributed by atoms with Crippen LogP contribution in [0.25, 0.3) is 0 Å². The molecule has 0 saturated carbocycles. The number of aromatic nitrogens is 2. The predicted molar refractivity (Wildman–Crippen MR) is 81.3 cm³/mol. The molecule has 0 bridgehead atoms. The zero-order valence-corrected chi connectivity index (χ0v) is 14.4. The van der Waals surface area contributed by atoms with Crippen molar-refractivity contribution < 1.29 is 13.2 Å². The first-order valence-electron chi connectivity index (χ1n) is 7.40. The van der Waals surface area contributed by atoms with E-state index in [1.54, 1.807) is 6.92 Å². The van der Waals surface area contributed by atoms with Gasteiger partial charge in [0.15, 0.2) is 0 Å². The molecule has 1 aromatic rings. The lowest BCUT2D eigenvalue weighted by Gasteiger charge is -2.30. The van der Waals surface area contributed by atoms with Gasteiger partial charge in [-0.15, -0.1) is 0 Å². The minimum Gasteiger partial charge on any atom is -0.287 e. The largest absolute Gasteiger partial charge is 0.406 e. The first-order chi connectivity index (χ1) is 9.68. The maximum Gasteiger partial charge on any atom is 0.406 e. The number of hydrogen-bond acceptors (Lipinski definition) is 2. The molecule has 0 saturated heterocycles. The molecule has 1 rings (SSSR count). The van der Waals surface area contributed by atoms with Crippen LogP contribution >= 0.6 is 0 Å². The van der Waals surface area contributed by atoms with Gasteiger partial charge < -0.3 is 0 Å². The van der Waals surface area contributed by atoms with E-state index in [-0.39, 0.29) is 12.2 Å². The van der Waals surface area contributed by atoms with E-state index >= 15 is 0 Å². The first kappa shape index (κ1) is 18.7. The van der Waals surface area contributed by atoms with E-state index in [4.69, 9.17) is 0 Å². The van der Waals surface area contributed by atoms with Gasteiger partial charge in [0.2, 0.25) is 0 Å². The van der Waals surface area contributed by atoms with Crippen LogP contribution in [0.4, 0.5) is 13.2 Å². The molecule has 1 aromatic heterocycles. The van der Waals surface area contributed by atoms with Crippen LogP contribution in [0.2, 0.25) is 0 Å². The molecule has 0 aliphatic heterocycles. The van der Waals surface area contributed by atoms with Gasteiger partial charge in [-0.3, -0.25) is 9.36 Å². The van der Waals surface area contributed by atoms with Crippen LogP contribution < -0.4 is 5.56 Å². The van der Waals surface area contributed by atoms with E-state index in [0.29, 0.717) is 11.3 Å². The van der Waals surface area contributed by atoms with Crippen LogP contribution in [-0.4, -0.2) is 15.7 Å². The van der Waals surface area contributed by atoms with E-state index in [1.807, 2.05) is 41.5 Å². The molecule has 0 amide bonds. The summed E-state index contributed by atoms with van der Waals surface area (Å²) in [6.07, 6.45) is -4.17. The number of hydrogen-bond donors (Lipinski definition) is 0. The van der Waals surface area contributed by atoms with Crippen LogP contribution in [0.5, 0.6) is 0 Å². The molecule has 1 heterocycles. The summed E-state index contributed by atoms with van der Waals surface area (Å²) in [5.74, 6) is 0.181. The third-order valence-corrected chi connectivity index (χ3v) is 3.36. The average Bonchev–Trinajstić information content (AvgIpc) is 2.26. The standard InChI is InChI=1S/C16H25F3N2O/c1-8-10-20-12(15(5,6)7)11(14(2,3)4)13(22)21(10)9-16(17,18)19/h8-9H2,1-7H3. The molecule has 0 aliphatic rings. The minimum absolute atomic E-state index is 0.181. The van der Waals surface area contributed by atoms with Crippen molar-refractivity contribution in [2.45, 2.75) is 78.4 Å². The summed E-state index contributed by atoms with van der Waals surface area (Å²) in [6.45, 7) is 11.6. The lowest BCUT2D eigenvalue weighted by atomic mass is 9.79. The highest BCUT2D eigenvalue weighted by Crippen LogP contribution is 2.31. The number of alkyl halides is 3. The van der Waals surface area contributed by atoms with Gasteiger partial charge in [0.25, 0.3) is 5.56 Å². The van der Waals surface area contributed by atoms with Gasteiger partial charge in [-0.05, 0) is 5.41 Å². The Bertz CT molecular complexity index is 602. The summed E-state index contributed by atoms with van der Waals surface area (Å²) in [7, 11) is 0. The molecule has 0 unspecified atom stereocenters. The van der Waals surface area contributed by atoms with Gasteiger partial charge in [0.1, 0.15) is 12.4 Å². The zero-order chi connectivity index (χ0) is 17.5. The third kappa shape index (κ3) is 4.11. The average molecular weight is 318 g/mol. The third-order valence-electron chi connectivity index (χ3n) is 3.36. The Morgan fingerprint density at radius 3 is 1.82 bits per heavy atom. The van der Waals surface area contributed by atoms with Crippen molar-refractivity contribution in [2.75, 3.05) is 0 Å². The maximum absolute atomic E-state index is 12.8. The Balaban J connectivity index is 3.81. The molecule has 3 nitrogen and oxygen atoms in total. The predicted octanol–water partition coefficient (Wildman–Crippen LogP) is 3.96. The number of rotatable bonds is 2. The molecule has 0 spiro atoms. The summed E-state index contributed by atoms with van der Waals surface area (Å²) in [6, 6.07) is 0. The minimum atomic E-state index is -4.45. The van der Waals surface area contributed by atoms with Crippen molar-refractivity contribution in [1.29, 1.82) is 0 Å². The Hall–Kier alpha value is -1.33. The highest BCUT2D eigenvalue weighted by Gasteiger charge is 2.35. The highest BCUT2D eigenvalue weighted by molar-refractivity contribution is 5.31. The number of aryl methyl sites for hydroxylation is 1. The quantitative estimate of drug-likeness (QED) is 0.827. The Kier molecular flexibility index (Phi) is 4.85.